The van der Waals surface area contributed by atoms with Gasteiger partial charge in [0.2, 0.25) is 0 Å². The summed E-state index contributed by atoms with van der Waals surface area (Å²) in [4.78, 5) is 12.4. The maximum absolute atomic E-state index is 13.8. The average molecular weight is 426 g/mol. The summed E-state index contributed by atoms with van der Waals surface area (Å²) < 4.78 is 121. The van der Waals surface area contributed by atoms with E-state index in [4.69, 9.17) is 0 Å². The third-order valence-electron chi connectivity index (χ3n) is 7.09. The molecule has 4 aliphatic carbocycles. The van der Waals surface area contributed by atoms with Gasteiger partial charge in [0.25, 0.3) is 0 Å². The number of carbonyl (C=O) groups excluding carboxylic acids is 1. The Morgan fingerprint density at radius 3 is 1.86 bits per heavy atom. The van der Waals surface area contributed by atoms with E-state index in [0.29, 0.717) is 0 Å². The molecule has 0 amide bonds. The van der Waals surface area contributed by atoms with Crippen molar-refractivity contribution < 1.29 is 49.0 Å². The highest BCUT2D eigenvalue weighted by Gasteiger charge is 2.85. The highest BCUT2D eigenvalue weighted by molar-refractivity contribution is 5.84. The summed E-state index contributed by atoms with van der Waals surface area (Å²) in [6, 6.07) is 0. The lowest BCUT2D eigenvalue weighted by atomic mass is 9.90. The standard InChI is InChI=1S/C17H19F9O2/c1-7-9-5-10-11(7)16(10,8(9)2)12(27)28-6-15(22,23)13(18,19)3-4-14(20,21)17(24,25)26/h7-11H,3-6H2,1-2H3. The first-order valence-electron chi connectivity index (χ1n) is 8.88. The molecule has 28 heavy (non-hydrogen) atoms. The molecule has 4 fully saturated rings. The largest absolute Gasteiger partial charge is 0.459 e. The predicted molar refractivity (Wildman–Crippen MR) is 76.9 cm³/mol. The minimum absolute atomic E-state index is 0.0328. The van der Waals surface area contributed by atoms with Gasteiger partial charge >= 0.3 is 29.9 Å². The molecule has 0 aromatic carbocycles. The number of hydrogen-bond acceptors (Lipinski definition) is 2. The van der Waals surface area contributed by atoms with Gasteiger partial charge in [-0.25, -0.2) is 0 Å². The molecule has 0 spiro atoms. The maximum Gasteiger partial charge on any atom is 0.453 e. The Morgan fingerprint density at radius 1 is 0.929 bits per heavy atom. The Morgan fingerprint density at radius 2 is 1.46 bits per heavy atom. The van der Waals surface area contributed by atoms with E-state index in [9.17, 15) is 44.3 Å². The Balaban J connectivity index is 1.60. The molecular formula is C17H19F9O2. The quantitative estimate of drug-likeness (QED) is 0.407. The van der Waals surface area contributed by atoms with Crippen LogP contribution in [0.3, 0.4) is 0 Å². The number of rotatable bonds is 7. The number of esters is 1. The highest BCUT2D eigenvalue weighted by Crippen LogP contribution is 2.83. The topological polar surface area (TPSA) is 26.3 Å². The van der Waals surface area contributed by atoms with Crippen molar-refractivity contribution in [3.63, 3.8) is 0 Å². The molecule has 4 saturated carbocycles. The predicted octanol–water partition coefficient (Wildman–Crippen LogP) is 5.32. The van der Waals surface area contributed by atoms with Crippen LogP contribution in [0.1, 0.15) is 33.1 Å². The first kappa shape index (κ1) is 21.5. The second-order valence-electron chi connectivity index (χ2n) is 8.30. The van der Waals surface area contributed by atoms with Crippen molar-refractivity contribution in [1.82, 2.24) is 0 Å². The molecule has 11 heteroatoms. The molecule has 0 saturated heterocycles. The van der Waals surface area contributed by atoms with Gasteiger partial charge < -0.3 is 4.74 Å². The van der Waals surface area contributed by atoms with Gasteiger partial charge in [0.15, 0.2) is 6.61 Å². The van der Waals surface area contributed by atoms with Crippen LogP contribution in [-0.2, 0) is 9.53 Å². The van der Waals surface area contributed by atoms with E-state index in [0.717, 1.165) is 6.42 Å². The van der Waals surface area contributed by atoms with Crippen LogP contribution in [0.4, 0.5) is 39.5 Å². The van der Waals surface area contributed by atoms with Crippen molar-refractivity contribution in [2.24, 2.45) is 35.0 Å². The fraction of sp³-hybridized carbons (Fsp3) is 0.941. The highest BCUT2D eigenvalue weighted by atomic mass is 19.4. The molecule has 6 atom stereocenters. The van der Waals surface area contributed by atoms with Crippen LogP contribution in [0.2, 0.25) is 0 Å². The molecule has 162 valence electrons. The molecule has 0 aliphatic heterocycles. The third kappa shape index (κ3) is 2.74. The van der Waals surface area contributed by atoms with Crippen molar-refractivity contribution in [3.8, 4) is 0 Å². The minimum Gasteiger partial charge on any atom is -0.459 e. The van der Waals surface area contributed by atoms with Gasteiger partial charge in [-0.15, -0.1) is 0 Å². The molecule has 0 aromatic heterocycles. The van der Waals surface area contributed by atoms with Crippen molar-refractivity contribution >= 4 is 5.97 Å². The van der Waals surface area contributed by atoms with Crippen molar-refractivity contribution in [2.45, 2.75) is 57.1 Å². The summed E-state index contributed by atoms with van der Waals surface area (Å²) >= 11 is 0. The summed E-state index contributed by atoms with van der Waals surface area (Å²) in [7, 11) is 0. The zero-order valence-electron chi connectivity index (χ0n) is 14.9. The molecule has 0 heterocycles. The van der Waals surface area contributed by atoms with Crippen LogP contribution in [-0.4, -0.2) is 36.5 Å². The first-order valence-corrected chi connectivity index (χ1v) is 8.88. The zero-order valence-corrected chi connectivity index (χ0v) is 14.9. The molecule has 0 N–H and O–H groups in total. The van der Waals surface area contributed by atoms with Crippen LogP contribution < -0.4 is 0 Å². The van der Waals surface area contributed by atoms with E-state index in [1.807, 2.05) is 6.92 Å². The Labute approximate surface area is 154 Å². The van der Waals surface area contributed by atoms with Gasteiger partial charge in [-0.05, 0) is 36.0 Å². The van der Waals surface area contributed by atoms with Crippen LogP contribution >= 0.6 is 0 Å². The van der Waals surface area contributed by atoms with Crippen LogP contribution in [0.5, 0.6) is 0 Å². The van der Waals surface area contributed by atoms with Gasteiger partial charge in [0.1, 0.15) is 0 Å². The summed E-state index contributed by atoms with van der Waals surface area (Å²) in [6.45, 7) is 1.64. The van der Waals surface area contributed by atoms with Gasteiger partial charge in [0, 0.05) is 12.8 Å². The van der Waals surface area contributed by atoms with E-state index >= 15 is 0 Å². The zero-order chi connectivity index (χ0) is 21.5. The average Bonchev–Trinajstić information content (AvgIpc) is 2.85. The van der Waals surface area contributed by atoms with Crippen molar-refractivity contribution in [2.75, 3.05) is 6.61 Å². The van der Waals surface area contributed by atoms with E-state index in [1.54, 1.807) is 6.92 Å². The number of alkyl halides is 9. The van der Waals surface area contributed by atoms with Gasteiger partial charge in [-0.1, -0.05) is 13.8 Å². The van der Waals surface area contributed by atoms with Crippen LogP contribution in [0.15, 0.2) is 0 Å². The fourth-order valence-corrected chi connectivity index (χ4v) is 5.58. The minimum atomic E-state index is -6.12. The number of hydrogen-bond donors (Lipinski definition) is 0. The summed E-state index contributed by atoms with van der Waals surface area (Å²) in [5, 5.41) is 0. The Hall–Kier alpha value is -1.16. The maximum atomic E-state index is 13.8. The lowest BCUT2D eigenvalue weighted by Crippen LogP contribution is -2.47. The smallest absolute Gasteiger partial charge is 0.453 e. The molecule has 2 nitrogen and oxygen atoms in total. The van der Waals surface area contributed by atoms with E-state index in [1.165, 1.54) is 0 Å². The third-order valence-corrected chi connectivity index (χ3v) is 7.09. The molecule has 4 rings (SSSR count). The number of carbonyl (C=O) groups is 1. The van der Waals surface area contributed by atoms with E-state index < -0.39 is 54.8 Å². The lowest BCUT2D eigenvalue weighted by molar-refractivity contribution is -0.295. The second kappa shape index (κ2) is 5.93. The lowest BCUT2D eigenvalue weighted by Gasteiger charge is -2.29. The monoisotopic (exact) mass is 426 g/mol. The summed E-state index contributed by atoms with van der Waals surface area (Å²) in [5.41, 5.74) is -0.960. The Bertz CT molecular complexity index is 656. The normalized spacial score (nSPS) is 37.3. The Kier molecular flexibility index (Phi) is 4.57. The number of ether oxygens (including phenoxy) is 1. The molecular weight excluding hydrogens is 407 g/mol. The fourth-order valence-electron chi connectivity index (χ4n) is 5.58. The van der Waals surface area contributed by atoms with Crippen LogP contribution in [0, 0.1) is 35.0 Å². The SMILES string of the molecule is CC1C2CC3C1C3(C(=O)OCC(F)(F)C(F)(F)CCC(F)(F)C(F)(F)F)C2C. The summed E-state index contributed by atoms with van der Waals surface area (Å²) in [6.07, 6.45) is -10.3. The van der Waals surface area contributed by atoms with Crippen LogP contribution in [0.25, 0.3) is 0 Å². The molecule has 6 unspecified atom stereocenters. The second-order valence-corrected chi connectivity index (χ2v) is 8.30. The van der Waals surface area contributed by atoms with E-state index in [2.05, 4.69) is 4.74 Å². The van der Waals surface area contributed by atoms with Gasteiger partial charge in [-0.2, -0.15) is 39.5 Å². The number of halogens is 9. The van der Waals surface area contributed by atoms with Crippen molar-refractivity contribution in [3.05, 3.63) is 0 Å². The van der Waals surface area contributed by atoms with Gasteiger partial charge in [0.05, 0.1) is 5.41 Å². The molecule has 4 bridgehead atoms. The van der Waals surface area contributed by atoms with E-state index in [-0.39, 0.29) is 29.6 Å². The molecule has 0 radical (unpaired) electrons. The van der Waals surface area contributed by atoms with Crippen molar-refractivity contribution in [1.29, 1.82) is 0 Å². The first-order chi connectivity index (χ1) is 12.5. The molecule has 0 aromatic rings. The summed E-state index contributed by atoms with van der Waals surface area (Å²) in [5.74, 6) is -16.6. The molecule has 4 aliphatic rings. The van der Waals surface area contributed by atoms with Gasteiger partial charge in [-0.3, -0.25) is 4.79 Å².